The van der Waals surface area contributed by atoms with Crippen molar-refractivity contribution in [2.24, 2.45) is 0 Å². The van der Waals surface area contributed by atoms with Gasteiger partial charge in [0.2, 0.25) is 0 Å². The Morgan fingerprint density at radius 3 is 2.56 bits per heavy atom. The summed E-state index contributed by atoms with van der Waals surface area (Å²) in [6.07, 6.45) is 4.36. The van der Waals surface area contributed by atoms with E-state index in [0.717, 1.165) is 30.5 Å². The van der Waals surface area contributed by atoms with E-state index >= 15 is 0 Å². The van der Waals surface area contributed by atoms with Gasteiger partial charge in [-0.15, -0.1) is 0 Å². The predicted molar refractivity (Wildman–Crippen MR) is 74.3 cm³/mol. The Morgan fingerprint density at radius 1 is 1.31 bits per heavy atom. The Labute approximate surface area is 107 Å². The van der Waals surface area contributed by atoms with E-state index < -0.39 is 0 Å². The lowest BCUT2D eigenvalue weighted by Gasteiger charge is -2.06. The maximum Gasteiger partial charge on any atom is 0.119 e. The second-order valence-corrected chi connectivity index (χ2v) is 4.53. The molecule has 0 aliphatic heterocycles. The number of hydrogen-bond acceptors (Lipinski definition) is 1. The zero-order chi connectivity index (χ0) is 11.8. The number of alkyl halides is 1. The smallest absolute Gasteiger partial charge is 0.119 e. The Kier molecular flexibility index (Phi) is 6.24. The summed E-state index contributed by atoms with van der Waals surface area (Å²) in [5.74, 6) is 0.957. The van der Waals surface area contributed by atoms with Crippen LogP contribution in [0.4, 0.5) is 0 Å². The highest BCUT2D eigenvalue weighted by molar-refractivity contribution is 9.09. The Morgan fingerprint density at radius 2 is 2.00 bits per heavy atom. The molecule has 0 aliphatic rings. The summed E-state index contributed by atoms with van der Waals surface area (Å²) in [6.45, 7) is 5.05. The molecule has 1 aromatic carbocycles. The molecule has 0 aromatic heterocycles. The van der Waals surface area contributed by atoms with Crippen molar-refractivity contribution in [1.82, 2.24) is 0 Å². The average Bonchev–Trinajstić information content (AvgIpc) is 2.34. The summed E-state index contributed by atoms with van der Waals surface area (Å²) < 4.78 is 5.54. The van der Waals surface area contributed by atoms with Gasteiger partial charge in [0.05, 0.1) is 6.61 Å². The van der Waals surface area contributed by atoms with Gasteiger partial charge in [-0.25, -0.2) is 0 Å². The molecule has 0 saturated carbocycles. The number of benzene rings is 1. The highest BCUT2D eigenvalue weighted by atomic mass is 79.9. The van der Waals surface area contributed by atoms with Crippen molar-refractivity contribution >= 4 is 21.5 Å². The van der Waals surface area contributed by atoms with E-state index in [4.69, 9.17) is 4.74 Å². The first-order chi connectivity index (χ1) is 7.77. The van der Waals surface area contributed by atoms with E-state index in [2.05, 4.69) is 48.0 Å². The van der Waals surface area contributed by atoms with Crippen LogP contribution in [0.2, 0.25) is 0 Å². The lowest BCUT2D eigenvalue weighted by molar-refractivity contribution is 0.317. The minimum Gasteiger partial charge on any atom is -0.494 e. The third kappa shape index (κ3) is 4.40. The SMILES string of the molecule is CCCOc1ccc(C(C)=CCCBr)cc1. The third-order valence-corrected chi connectivity index (χ3v) is 2.80. The topological polar surface area (TPSA) is 9.23 Å². The molecule has 16 heavy (non-hydrogen) atoms. The van der Waals surface area contributed by atoms with Crippen LogP contribution in [0.1, 0.15) is 32.3 Å². The Bertz CT molecular complexity index is 327. The van der Waals surface area contributed by atoms with E-state index in [1.54, 1.807) is 0 Å². The van der Waals surface area contributed by atoms with Crippen molar-refractivity contribution in [2.75, 3.05) is 11.9 Å². The third-order valence-electron chi connectivity index (χ3n) is 2.34. The molecule has 0 N–H and O–H groups in total. The van der Waals surface area contributed by atoms with Crippen LogP contribution in [-0.2, 0) is 0 Å². The molecule has 0 bridgehead atoms. The number of ether oxygens (including phenoxy) is 1. The highest BCUT2D eigenvalue weighted by Crippen LogP contribution is 2.19. The van der Waals surface area contributed by atoms with Crippen molar-refractivity contribution in [1.29, 1.82) is 0 Å². The molecule has 1 rings (SSSR count). The Balaban J connectivity index is 2.63. The summed E-state index contributed by atoms with van der Waals surface area (Å²) in [7, 11) is 0. The summed E-state index contributed by atoms with van der Waals surface area (Å²) in [4.78, 5) is 0. The zero-order valence-electron chi connectivity index (χ0n) is 10.0. The molecule has 0 unspecified atom stereocenters. The van der Waals surface area contributed by atoms with Crippen LogP contribution < -0.4 is 4.74 Å². The van der Waals surface area contributed by atoms with Gasteiger partial charge in [0.25, 0.3) is 0 Å². The summed E-state index contributed by atoms with van der Waals surface area (Å²) in [6, 6.07) is 8.31. The molecule has 1 aromatic rings. The van der Waals surface area contributed by atoms with E-state index in [-0.39, 0.29) is 0 Å². The average molecular weight is 283 g/mol. The second-order valence-electron chi connectivity index (χ2n) is 3.74. The van der Waals surface area contributed by atoms with Crippen molar-refractivity contribution in [3.05, 3.63) is 35.9 Å². The van der Waals surface area contributed by atoms with Gasteiger partial charge >= 0.3 is 0 Å². The Hall–Kier alpha value is -0.760. The fourth-order valence-electron chi connectivity index (χ4n) is 1.42. The van der Waals surface area contributed by atoms with E-state index in [1.165, 1.54) is 11.1 Å². The number of allylic oxidation sites excluding steroid dienone is 2. The fraction of sp³-hybridized carbons (Fsp3) is 0.429. The molecule has 0 heterocycles. The molecule has 0 atom stereocenters. The molecule has 2 heteroatoms. The summed E-state index contributed by atoms with van der Waals surface area (Å²) in [5.41, 5.74) is 2.59. The molecule has 0 fully saturated rings. The molecule has 0 spiro atoms. The largest absolute Gasteiger partial charge is 0.494 e. The van der Waals surface area contributed by atoms with Crippen molar-refractivity contribution in [3.63, 3.8) is 0 Å². The van der Waals surface area contributed by atoms with Crippen molar-refractivity contribution in [2.45, 2.75) is 26.7 Å². The second kappa shape index (κ2) is 7.50. The van der Waals surface area contributed by atoms with Crippen LogP contribution in [0.15, 0.2) is 30.3 Å². The lowest BCUT2D eigenvalue weighted by atomic mass is 10.1. The van der Waals surface area contributed by atoms with Gasteiger partial charge in [0.15, 0.2) is 0 Å². The number of hydrogen-bond donors (Lipinski definition) is 0. The minimum atomic E-state index is 0.789. The summed E-state index contributed by atoms with van der Waals surface area (Å²) in [5, 5.41) is 1.02. The van der Waals surface area contributed by atoms with Gasteiger partial charge in [0, 0.05) is 5.33 Å². The number of rotatable bonds is 6. The standard InChI is InChI=1S/C14H19BrO/c1-3-11-16-14-8-6-13(7-9-14)12(2)5-4-10-15/h5-9H,3-4,10-11H2,1-2H3. The number of halogens is 1. The van der Waals surface area contributed by atoms with Gasteiger partial charge in [-0.05, 0) is 43.0 Å². The quantitative estimate of drug-likeness (QED) is 0.690. The first-order valence-electron chi connectivity index (χ1n) is 5.74. The van der Waals surface area contributed by atoms with Crippen LogP contribution in [0, 0.1) is 0 Å². The van der Waals surface area contributed by atoms with Crippen molar-refractivity contribution in [3.8, 4) is 5.75 Å². The minimum absolute atomic E-state index is 0.789. The molecule has 1 nitrogen and oxygen atoms in total. The van der Waals surface area contributed by atoms with Gasteiger partial charge in [-0.3, -0.25) is 0 Å². The van der Waals surface area contributed by atoms with Crippen molar-refractivity contribution < 1.29 is 4.74 Å². The van der Waals surface area contributed by atoms with Gasteiger partial charge in [0.1, 0.15) is 5.75 Å². The molecule has 0 radical (unpaired) electrons. The molecule has 0 aliphatic carbocycles. The monoisotopic (exact) mass is 282 g/mol. The van der Waals surface area contributed by atoms with Crippen LogP contribution in [0.5, 0.6) is 5.75 Å². The maximum atomic E-state index is 5.54. The maximum absolute atomic E-state index is 5.54. The van der Waals surface area contributed by atoms with Crippen LogP contribution in [0.3, 0.4) is 0 Å². The van der Waals surface area contributed by atoms with Crippen LogP contribution in [0.25, 0.3) is 5.57 Å². The first-order valence-corrected chi connectivity index (χ1v) is 6.86. The fourth-order valence-corrected chi connectivity index (χ4v) is 1.65. The van der Waals surface area contributed by atoms with Gasteiger partial charge in [-0.2, -0.15) is 0 Å². The molecule has 0 amide bonds. The zero-order valence-corrected chi connectivity index (χ0v) is 11.6. The van der Waals surface area contributed by atoms with Crippen LogP contribution in [-0.4, -0.2) is 11.9 Å². The molecular weight excluding hydrogens is 264 g/mol. The lowest BCUT2D eigenvalue weighted by Crippen LogP contribution is -1.94. The van der Waals surface area contributed by atoms with Crippen LogP contribution >= 0.6 is 15.9 Å². The predicted octanol–water partition coefficient (Wildman–Crippen LogP) is 4.66. The van der Waals surface area contributed by atoms with E-state index in [1.807, 2.05) is 12.1 Å². The normalized spacial score (nSPS) is 11.6. The van der Waals surface area contributed by atoms with E-state index in [9.17, 15) is 0 Å². The molecule has 0 saturated heterocycles. The molecular formula is C14H19BrO. The molecule has 88 valence electrons. The highest BCUT2D eigenvalue weighted by Gasteiger charge is 1.96. The first kappa shape index (κ1) is 13.3. The summed E-state index contributed by atoms with van der Waals surface area (Å²) >= 11 is 3.43. The van der Waals surface area contributed by atoms with Gasteiger partial charge in [-0.1, -0.05) is 41.1 Å². The van der Waals surface area contributed by atoms with E-state index in [0.29, 0.717) is 0 Å². The van der Waals surface area contributed by atoms with Gasteiger partial charge < -0.3 is 4.74 Å².